The lowest BCUT2D eigenvalue weighted by molar-refractivity contribution is 1.29. The van der Waals surface area contributed by atoms with Gasteiger partial charge in [0.2, 0.25) is 0 Å². The molecule has 0 aliphatic heterocycles. The molecule has 43 heavy (non-hydrogen) atoms. The van der Waals surface area contributed by atoms with E-state index in [1.165, 1.54) is 62.2 Å². The number of hydrogen-bond donors (Lipinski definition) is 0. The van der Waals surface area contributed by atoms with Crippen molar-refractivity contribution in [2.45, 2.75) is 0 Å². The van der Waals surface area contributed by atoms with Crippen LogP contribution < -0.4 is 4.90 Å². The normalized spacial score (nSPS) is 11.7. The summed E-state index contributed by atoms with van der Waals surface area (Å²) < 4.78 is 5.31. The molecule has 9 aromatic rings. The van der Waals surface area contributed by atoms with Gasteiger partial charge in [-0.05, 0) is 76.5 Å². The predicted molar refractivity (Wildman–Crippen MR) is 190 cm³/mol. The minimum Gasteiger partial charge on any atom is -0.310 e. The van der Waals surface area contributed by atoms with E-state index in [9.17, 15) is 0 Å². The molecule has 0 amide bonds. The van der Waals surface area contributed by atoms with Gasteiger partial charge in [-0.25, -0.2) is 0 Å². The Morgan fingerprint density at radius 2 is 1.02 bits per heavy atom. The molecule has 0 atom stereocenters. The average molecular weight is 584 g/mol. The molecule has 0 radical (unpaired) electrons. The van der Waals surface area contributed by atoms with Crippen molar-refractivity contribution >= 4 is 90.9 Å². The molecule has 9 rings (SSSR count). The Balaban J connectivity index is 1.16. The van der Waals surface area contributed by atoms with Crippen molar-refractivity contribution in [2.75, 3.05) is 4.90 Å². The van der Waals surface area contributed by atoms with Crippen LogP contribution in [0.4, 0.5) is 17.1 Å². The van der Waals surface area contributed by atoms with Crippen LogP contribution in [0.5, 0.6) is 0 Å². The monoisotopic (exact) mass is 583 g/mol. The lowest BCUT2D eigenvalue weighted by Crippen LogP contribution is -2.09. The van der Waals surface area contributed by atoms with Crippen molar-refractivity contribution in [2.24, 2.45) is 0 Å². The third-order valence-electron chi connectivity index (χ3n) is 8.44. The largest absolute Gasteiger partial charge is 0.310 e. The van der Waals surface area contributed by atoms with E-state index in [0.29, 0.717) is 0 Å². The van der Waals surface area contributed by atoms with Gasteiger partial charge in [0.1, 0.15) is 0 Å². The maximum atomic E-state index is 2.36. The Labute approximate surface area is 257 Å². The van der Waals surface area contributed by atoms with Crippen LogP contribution in [0, 0.1) is 0 Å². The summed E-state index contributed by atoms with van der Waals surface area (Å²) in [4.78, 5) is 2.36. The first-order valence-electron chi connectivity index (χ1n) is 14.5. The number of para-hydroxylation sites is 1. The van der Waals surface area contributed by atoms with Crippen LogP contribution in [-0.4, -0.2) is 0 Å². The second kappa shape index (κ2) is 9.81. The van der Waals surface area contributed by atoms with E-state index >= 15 is 0 Å². The Morgan fingerprint density at radius 1 is 0.372 bits per heavy atom. The molecule has 202 valence electrons. The fraction of sp³-hybridized carbons (Fsp3) is 0. The van der Waals surface area contributed by atoms with Gasteiger partial charge in [0.05, 0.1) is 0 Å². The van der Waals surface area contributed by atoms with E-state index in [1.807, 2.05) is 22.7 Å². The highest BCUT2D eigenvalue weighted by Gasteiger charge is 2.16. The molecule has 0 bridgehead atoms. The second-order valence-electron chi connectivity index (χ2n) is 11.0. The lowest BCUT2D eigenvalue weighted by Gasteiger charge is -2.25. The fourth-order valence-electron chi connectivity index (χ4n) is 6.38. The fourth-order valence-corrected chi connectivity index (χ4v) is 8.79. The van der Waals surface area contributed by atoms with E-state index in [2.05, 4.69) is 157 Å². The van der Waals surface area contributed by atoms with Crippen molar-refractivity contribution in [1.29, 1.82) is 0 Å². The maximum Gasteiger partial charge on any atom is 0.0476 e. The molecule has 2 heterocycles. The summed E-state index contributed by atoms with van der Waals surface area (Å²) in [6.45, 7) is 0. The Morgan fingerprint density at radius 3 is 1.88 bits per heavy atom. The summed E-state index contributed by atoms with van der Waals surface area (Å²) in [5, 5.41) is 7.89. The highest BCUT2D eigenvalue weighted by atomic mass is 32.1. The van der Waals surface area contributed by atoms with Gasteiger partial charge in [0, 0.05) is 57.4 Å². The van der Waals surface area contributed by atoms with Crippen LogP contribution in [0.1, 0.15) is 0 Å². The summed E-state index contributed by atoms with van der Waals surface area (Å²) in [6, 6.07) is 55.4. The quantitative estimate of drug-likeness (QED) is 0.199. The zero-order valence-electron chi connectivity index (χ0n) is 23.2. The maximum absolute atomic E-state index is 2.36. The standard InChI is InChI=1S/C40H25NS2/c1-2-11-29(12-3-1)41(31-21-22-34-33-13-6-7-16-37(33)42-39(34)25-31)30-19-17-26(18-20-30)32-14-8-15-35-36-23-27-9-4-5-10-28(27)24-38(36)43-40(32)35/h1-25H. The average Bonchev–Trinajstić information content (AvgIpc) is 3.62. The lowest BCUT2D eigenvalue weighted by atomic mass is 10.0. The van der Waals surface area contributed by atoms with Gasteiger partial charge in [-0.3, -0.25) is 0 Å². The smallest absolute Gasteiger partial charge is 0.0476 e. The number of nitrogens with zero attached hydrogens (tertiary/aromatic N) is 1. The molecular weight excluding hydrogens is 559 g/mol. The molecule has 1 nitrogen and oxygen atoms in total. The molecule has 0 fully saturated rings. The first-order valence-corrected chi connectivity index (χ1v) is 16.1. The third kappa shape index (κ3) is 4.04. The molecule has 2 aromatic heterocycles. The zero-order chi connectivity index (χ0) is 28.3. The van der Waals surface area contributed by atoms with E-state index in [0.717, 1.165) is 17.1 Å². The topological polar surface area (TPSA) is 3.24 Å². The van der Waals surface area contributed by atoms with Crippen molar-refractivity contribution in [3.63, 3.8) is 0 Å². The molecule has 0 saturated heterocycles. The molecular formula is C40H25NS2. The Hall–Kier alpha value is -4.96. The van der Waals surface area contributed by atoms with Gasteiger partial charge in [0.15, 0.2) is 0 Å². The van der Waals surface area contributed by atoms with Crippen molar-refractivity contribution in [3.05, 3.63) is 152 Å². The van der Waals surface area contributed by atoms with Crippen LogP contribution >= 0.6 is 22.7 Å². The van der Waals surface area contributed by atoms with Gasteiger partial charge in [-0.1, -0.05) is 97.1 Å². The number of rotatable bonds is 4. The minimum atomic E-state index is 1.14. The molecule has 7 aromatic carbocycles. The molecule has 0 unspecified atom stereocenters. The SMILES string of the molecule is c1ccc(N(c2ccc(-c3cccc4c3sc3cc5ccccc5cc34)cc2)c2ccc3c(c2)sc2ccccc23)cc1. The van der Waals surface area contributed by atoms with Crippen LogP contribution in [0.3, 0.4) is 0 Å². The Bertz CT molecular complexity index is 2450. The van der Waals surface area contributed by atoms with Crippen LogP contribution in [-0.2, 0) is 0 Å². The number of fused-ring (bicyclic) bond motifs is 7. The Kier molecular flexibility index (Phi) is 5.62. The summed E-state index contributed by atoms with van der Waals surface area (Å²) in [6.07, 6.45) is 0. The highest BCUT2D eigenvalue weighted by Crippen LogP contribution is 2.43. The van der Waals surface area contributed by atoms with Crippen LogP contribution in [0.25, 0.3) is 62.2 Å². The summed E-state index contributed by atoms with van der Waals surface area (Å²) >= 11 is 3.76. The van der Waals surface area contributed by atoms with Crippen LogP contribution in [0.2, 0.25) is 0 Å². The van der Waals surface area contributed by atoms with E-state index in [4.69, 9.17) is 0 Å². The van der Waals surface area contributed by atoms with Crippen LogP contribution in [0.15, 0.2) is 152 Å². The van der Waals surface area contributed by atoms with Gasteiger partial charge in [-0.2, -0.15) is 0 Å². The predicted octanol–water partition coefficient (Wildman–Crippen LogP) is 12.7. The summed E-state index contributed by atoms with van der Waals surface area (Å²) in [7, 11) is 0. The molecule has 3 heteroatoms. The molecule has 0 aliphatic carbocycles. The molecule has 0 spiro atoms. The van der Waals surface area contributed by atoms with E-state index in [-0.39, 0.29) is 0 Å². The first-order chi connectivity index (χ1) is 21.3. The zero-order valence-corrected chi connectivity index (χ0v) is 24.8. The molecule has 0 aliphatic rings. The van der Waals surface area contributed by atoms with Crippen molar-refractivity contribution in [1.82, 2.24) is 0 Å². The van der Waals surface area contributed by atoms with Gasteiger partial charge >= 0.3 is 0 Å². The number of thiophene rings is 2. The molecule has 0 N–H and O–H groups in total. The second-order valence-corrected chi connectivity index (χ2v) is 13.1. The van der Waals surface area contributed by atoms with Gasteiger partial charge in [0.25, 0.3) is 0 Å². The number of benzene rings is 7. The van der Waals surface area contributed by atoms with Crippen molar-refractivity contribution < 1.29 is 0 Å². The van der Waals surface area contributed by atoms with E-state index < -0.39 is 0 Å². The van der Waals surface area contributed by atoms with Crippen molar-refractivity contribution in [3.8, 4) is 11.1 Å². The summed E-state index contributed by atoms with van der Waals surface area (Å²) in [5.41, 5.74) is 5.97. The first kappa shape index (κ1) is 24.6. The van der Waals surface area contributed by atoms with E-state index in [1.54, 1.807) is 0 Å². The van der Waals surface area contributed by atoms with Gasteiger partial charge in [-0.15, -0.1) is 22.7 Å². The molecule has 0 saturated carbocycles. The minimum absolute atomic E-state index is 1.14. The summed E-state index contributed by atoms with van der Waals surface area (Å²) in [5.74, 6) is 0. The number of hydrogen-bond acceptors (Lipinski definition) is 3. The number of anilines is 3. The highest BCUT2D eigenvalue weighted by molar-refractivity contribution is 7.26. The third-order valence-corrected chi connectivity index (χ3v) is 10.8. The van der Waals surface area contributed by atoms with Gasteiger partial charge < -0.3 is 4.90 Å².